The van der Waals surface area contributed by atoms with Gasteiger partial charge in [0.2, 0.25) is 11.8 Å². The van der Waals surface area contributed by atoms with Crippen LogP contribution in [-0.2, 0) is 9.59 Å². The standard InChI is InChI=1S/C14H26N4O2/c19-13(11-5-1-3-7-15-11)17-9-10-18-14(20)12-6-2-4-8-16-12/h11-12,15-16H,1-10H2,(H,17,19)(H,18,20). The number of hydrogen-bond acceptors (Lipinski definition) is 4. The average Bonchev–Trinajstić information content (AvgIpc) is 2.53. The van der Waals surface area contributed by atoms with Crippen LogP contribution in [0.1, 0.15) is 38.5 Å². The number of nitrogens with one attached hydrogen (secondary N) is 4. The second-order valence-corrected chi connectivity index (χ2v) is 5.59. The van der Waals surface area contributed by atoms with Crippen molar-refractivity contribution in [3.05, 3.63) is 0 Å². The van der Waals surface area contributed by atoms with Crippen molar-refractivity contribution >= 4 is 11.8 Å². The minimum atomic E-state index is -0.0561. The Morgan fingerprint density at radius 1 is 0.800 bits per heavy atom. The van der Waals surface area contributed by atoms with Gasteiger partial charge in [-0.1, -0.05) is 12.8 Å². The third-order valence-electron chi connectivity index (χ3n) is 3.98. The van der Waals surface area contributed by atoms with Crippen LogP contribution in [0.5, 0.6) is 0 Å². The Morgan fingerprint density at radius 2 is 1.25 bits per heavy atom. The third kappa shape index (κ3) is 4.76. The fraction of sp³-hybridized carbons (Fsp3) is 0.857. The number of piperidine rings is 2. The van der Waals surface area contributed by atoms with Crippen molar-refractivity contribution in [2.24, 2.45) is 0 Å². The van der Waals surface area contributed by atoms with E-state index in [9.17, 15) is 9.59 Å². The van der Waals surface area contributed by atoms with Crippen molar-refractivity contribution < 1.29 is 9.59 Å². The van der Waals surface area contributed by atoms with Crippen molar-refractivity contribution in [2.75, 3.05) is 26.2 Å². The lowest BCUT2D eigenvalue weighted by molar-refractivity contribution is -0.125. The predicted octanol–water partition coefficient (Wildman–Crippen LogP) is -0.497. The first-order valence-electron chi connectivity index (χ1n) is 7.79. The number of carbonyl (C=O) groups excluding carboxylic acids is 2. The molecule has 6 nitrogen and oxygen atoms in total. The first-order chi connectivity index (χ1) is 9.77. The van der Waals surface area contributed by atoms with E-state index in [2.05, 4.69) is 21.3 Å². The van der Waals surface area contributed by atoms with Gasteiger partial charge in [-0.15, -0.1) is 0 Å². The molecule has 2 amide bonds. The molecule has 4 N–H and O–H groups in total. The minimum Gasteiger partial charge on any atom is -0.353 e. The first kappa shape index (κ1) is 15.3. The third-order valence-corrected chi connectivity index (χ3v) is 3.98. The lowest BCUT2D eigenvalue weighted by Crippen LogP contribution is -2.50. The van der Waals surface area contributed by atoms with Crippen molar-refractivity contribution in [3.8, 4) is 0 Å². The lowest BCUT2D eigenvalue weighted by atomic mass is 10.0. The summed E-state index contributed by atoms with van der Waals surface area (Å²) in [5.74, 6) is 0.101. The van der Waals surface area contributed by atoms with E-state index in [0.29, 0.717) is 13.1 Å². The van der Waals surface area contributed by atoms with Gasteiger partial charge in [-0.25, -0.2) is 0 Å². The smallest absolute Gasteiger partial charge is 0.237 e. The van der Waals surface area contributed by atoms with Gasteiger partial charge in [0.15, 0.2) is 0 Å². The second-order valence-electron chi connectivity index (χ2n) is 5.59. The van der Waals surface area contributed by atoms with Crippen LogP contribution in [0, 0.1) is 0 Å². The van der Waals surface area contributed by atoms with Crippen LogP contribution in [0.15, 0.2) is 0 Å². The highest BCUT2D eigenvalue weighted by Crippen LogP contribution is 2.07. The molecule has 2 fully saturated rings. The summed E-state index contributed by atoms with van der Waals surface area (Å²) in [6.07, 6.45) is 6.32. The molecule has 0 bridgehead atoms. The highest BCUT2D eigenvalue weighted by atomic mass is 16.2. The van der Waals surface area contributed by atoms with E-state index in [1.807, 2.05) is 0 Å². The molecule has 0 aromatic rings. The number of rotatable bonds is 5. The average molecular weight is 282 g/mol. The minimum absolute atomic E-state index is 0.0507. The largest absolute Gasteiger partial charge is 0.353 e. The quantitative estimate of drug-likeness (QED) is 0.513. The molecule has 0 spiro atoms. The maximum atomic E-state index is 11.8. The topological polar surface area (TPSA) is 82.3 Å². The Balaban J connectivity index is 1.56. The van der Waals surface area contributed by atoms with Crippen LogP contribution in [0.3, 0.4) is 0 Å². The van der Waals surface area contributed by atoms with E-state index < -0.39 is 0 Å². The Morgan fingerprint density at radius 3 is 1.60 bits per heavy atom. The molecule has 0 aromatic carbocycles. The summed E-state index contributed by atoms with van der Waals surface area (Å²) in [4.78, 5) is 23.7. The molecule has 6 heteroatoms. The Bertz CT molecular complexity index is 291. The predicted molar refractivity (Wildman–Crippen MR) is 77.3 cm³/mol. The first-order valence-corrected chi connectivity index (χ1v) is 7.79. The summed E-state index contributed by atoms with van der Waals surface area (Å²) in [6.45, 7) is 2.83. The molecule has 2 saturated heterocycles. The van der Waals surface area contributed by atoms with Crippen LogP contribution < -0.4 is 21.3 Å². The Kier molecular flexibility index (Phi) is 6.26. The number of amides is 2. The van der Waals surface area contributed by atoms with Gasteiger partial charge in [-0.05, 0) is 38.8 Å². The summed E-state index contributed by atoms with van der Waals surface area (Å²) < 4.78 is 0. The summed E-state index contributed by atoms with van der Waals surface area (Å²) in [7, 11) is 0. The molecular weight excluding hydrogens is 256 g/mol. The maximum Gasteiger partial charge on any atom is 0.237 e. The van der Waals surface area contributed by atoms with E-state index in [-0.39, 0.29) is 23.9 Å². The van der Waals surface area contributed by atoms with Crippen molar-refractivity contribution in [1.82, 2.24) is 21.3 Å². The molecule has 0 saturated carbocycles. The molecule has 2 aliphatic rings. The van der Waals surface area contributed by atoms with Crippen LogP contribution in [-0.4, -0.2) is 50.1 Å². The summed E-state index contributed by atoms with van der Waals surface area (Å²) in [5, 5.41) is 12.2. The van der Waals surface area contributed by atoms with E-state index in [1.54, 1.807) is 0 Å². The van der Waals surface area contributed by atoms with Gasteiger partial charge in [0.25, 0.3) is 0 Å². The molecule has 0 aromatic heterocycles. The molecular formula is C14H26N4O2. The van der Waals surface area contributed by atoms with E-state index in [1.165, 1.54) is 0 Å². The van der Waals surface area contributed by atoms with E-state index >= 15 is 0 Å². The fourth-order valence-electron chi connectivity index (χ4n) is 2.77. The zero-order valence-electron chi connectivity index (χ0n) is 12.0. The van der Waals surface area contributed by atoms with Gasteiger partial charge in [-0.2, -0.15) is 0 Å². The second kappa shape index (κ2) is 8.21. The normalized spacial score (nSPS) is 26.8. The molecule has 0 aliphatic carbocycles. The Hall–Kier alpha value is -1.14. The Labute approximate surface area is 120 Å². The number of carbonyl (C=O) groups is 2. The fourth-order valence-corrected chi connectivity index (χ4v) is 2.77. The van der Waals surface area contributed by atoms with Gasteiger partial charge in [0.05, 0.1) is 12.1 Å². The molecule has 2 aliphatic heterocycles. The molecule has 2 unspecified atom stereocenters. The van der Waals surface area contributed by atoms with Crippen LogP contribution >= 0.6 is 0 Å². The van der Waals surface area contributed by atoms with E-state index in [4.69, 9.17) is 0 Å². The van der Waals surface area contributed by atoms with Gasteiger partial charge < -0.3 is 21.3 Å². The molecule has 2 atom stereocenters. The molecule has 0 radical (unpaired) electrons. The van der Waals surface area contributed by atoms with Crippen molar-refractivity contribution in [2.45, 2.75) is 50.6 Å². The van der Waals surface area contributed by atoms with Crippen LogP contribution in [0.2, 0.25) is 0 Å². The highest BCUT2D eigenvalue weighted by Gasteiger charge is 2.21. The zero-order valence-corrected chi connectivity index (χ0v) is 12.0. The van der Waals surface area contributed by atoms with Crippen LogP contribution in [0.4, 0.5) is 0 Å². The molecule has 2 heterocycles. The van der Waals surface area contributed by atoms with Crippen LogP contribution in [0.25, 0.3) is 0 Å². The van der Waals surface area contributed by atoms with E-state index in [0.717, 1.165) is 51.6 Å². The molecule has 20 heavy (non-hydrogen) atoms. The van der Waals surface area contributed by atoms with Gasteiger partial charge >= 0.3 is 0 Å². The monoisotopic (exact) mass is 282 g/mol. The van der Waals surface area contributed by atoms with Crippen molar-refractivity contribution in [3.63, 3.8) is 0 Å². The van der Waals surface area contributed by atoms with Crippen molar-refractivity contribution in [1.29, 1.82) is 0 Å². The number of hydrogen-bond donors (Lipinski definition) is 4. The zero-order chi connectivity index (χ0) is 14.2. The summed E-state index contributed by atoms with van der Waals surface area (Å²) in [6, 6.07) is -0.112. The van der Waals surface area contributed by atoms with Gasteiger partial charge in [-0.3, -0.25) is 9.59 Å². The molecule has 2 rings (SSSR count). The highest BCUT2D eigenvalue weighted by molar-refractivity contribution is 5.83. The maximum absolute atomic E-state index is 11.8. The summed E-state index contributed by atoms with van der Waals surface area (Å²) >= 11 is 0. The molecule has 114 valence electrons. The summed E-state index contributed by atoms with van der Waals surface area (Å²) in [5.41, 5.74) is 0. The van der Waals surface area contributed by atoms with Gasteiger partial charge in [0.1, 0.15) is 0 Å². The van der Waals surface area contributed by atoms with Gasteiger partial charge in [0, 0.05) is 13.1 Å². The lowest BCUT2D eigenvalue weighted by Gasteiger charge is -2.23. The SMILES string of the molecule is O=C(NCCNC(=O)C1CCCCN1)C1CCCCN1.